The van der Waals surface area contributed by atoms with Gasteiger partial charge in [0.15, 0.2) is 0 Å². The minimum absolute atomic E-state index is 0.259. The molecule has 5 rings (SSSR count). The van der Waals surface area contributed by atoms with Crippen LogP contribution in [0, 0.1) is 0 Å². The molecule has 7 nitrogen and oxygen atoms in total. The van der Waals surface area contributed by atoms with E-state index >= 15 is 0 Å². The average Bonchev–Trinajstić information content (AvgIpc) is 3.47. The van der Waals surface area contributed by atoms with E-state index < -0.39 is 0 Å². The zero-order chi connectivity index (χ0) is 21.2. The molecule has 4 aromatic rings. The Bertz CT molecular complexity index is 1220. The van der Waals surface area contributed by atoms with Crippen LogP contribution >= 0.6 is 0 Å². The maximum absolute atomic E-state index is 13.0. The van der Waals surface area contributed by atoms with E-state index in [9.17, 15) is 4.79 Å². The van der Waals surface area contributed by atoms with Crippen LogP contribution in [-0.4, -0.2) is 32.8 Å². The first kappa shape index (κ1) is 19.1. The van der Waals surface area contributed by atoms with E-state index in [1.807, 2.05) is 48.5 Å². The molecular weight excluding hydrogens is 390 g/mol. The number of para-hydroxylation sites is 2. The molecule has 0 bridgehead atoms. The topological polar surface area (TPSA) is 84.8 Å². The SMILES string of the molecule is COc1ccccc1-c1cc(C(=O)Nc2ccccc2-c2cn3c(n2)CCCC3)[nH]n1. The number of hydrogen-bond donors (Lipinski definition) is 2. The van der Waals surface area contributed by atoms with Crippen molar-refractivity contribution in [1.82, 2.24) is 19.7 Å². The van der Waals surface area contributed by atoms with Crippen molar-refractivity contribution in [2.24, 2.45) is 0 Å². The number of methoxy groups -OCH3 is 1. The van der Waals surface area contributed by atoms with Crippen molar-refractivity contribution in [3.05, 3.63) is 72.3 Å². The van der Waals surface area contributed by atoms with Crippen LogP contribution < -0.4 is 10.1 Å². The molecule has 0 spiro atoms. The van der Waals surface area contributed by atoms with Crippen molar-refractivity contribution >= 4 is 11.6 Å². The number of aryl methyl sites for hydroxylation is 2. The van der Waals surface area contributed by atoms with Crippen molar-refractivity contribution in [1.29, 1.82) is 0 Å². The Balaban J connectivity index is 1.41. The van der Waals surface area contributed by atoms with Crippen molar-refractivity contribution in [3.8, 4) is 28.3 Å². The highest BCUT2D eigenvalue weighted by atomic mass is 16.5. The third-order valence-corrected chi connectivity index (χ3v) is 5.57. The average molecular weight is 413 g/mol. The van der Waals surface area contributed by atoms with Gasteiger partial charge in [-0.1, -0.05) is 30.3 Å². The molecule has 1 amide bonds. The molecule has 2 aromatic heterocycles. The molecule has 0 saturated carbocycles. The fraction of sp³-hybridized carbons (Fsp3) is 0.208. The smallest absolute Gasteiger partial charge is 0.273 e. The summed E-state index contributed by atoms with van der Waals surface area (Å²) in [5.74, 6) is 1.55. The lowest BCUT2D eigenvalue weighted by molar-refractivity contribution is 0.102. The summed E-state index contributed by atoms with van der Waals surface area (Å²) in [4.78, 5) is 17.8. The fourth-order valence-electron chi connectivity index (χ4n) is 3.98. The molecule has 0 saturated heterocycles. The molecule has 156 valence electrons. The molecule has 0 atom stereocenters. The van der Waals surface area contributed by atoms with Gasteiger partial charge in [-0.25, -0.2) is 4.98 Å². The maximum Gasteiger partial charge on any atom is 0.273 e. The second kappa shape index (κ2) is 8.10. The van der Waals surface area contributed by atoms with Gasteiger partial charge in [0.1, 0.15) is 17.3 Å². The van der Waals surface area contributed by atoms with Gasteiger partial charge < -0.3 is 14.6 Å². The number of rotatable bonds is 5. The molecular formula is C24H23N5O2. The van der Waals surface area contributed by atoms with Gasteiger partial charge in [0.2, 0.25) is 0 Å². The Morgan fingerprint density at radius 3 is 2.71 bits per heavy atom. The molecule has 0 aliphatic carbocycles. The second-order valence-electron chi connectivity index (χ2n) is 7.56. The summed E-state index contributed by atoms with van der Waals surface area (Å²) in [7, 11) is 1.61. The summed E-state index contributed by atoms with van der Waals surface area (Å²) < 4.78 is 7.62. The predicted octanol–water partition coefficient (Wildman–Crippen LogP) is 4.54. The summed E-state index contributed by atoms with van der Waals surface area (Å²) >= 11 is 0. The third-order valence-electron chi connectivity index (χ3n) is 5.57. The van der Waals surface area contributed by atoms with Crippen LogP contribution in [0.3, 0.4) is 0 Å². The van der Waals surface area contributed by atoms with Gasteiger partial charge >= 0.3 is 0 Å². The minimum Gasteiger partial charge on any atom is -0.496 e. The standard InChI is InChI=1S/C24H23N5O2/c1-31-22-11-5-3-9-17(22)19-14-20(28-27-19)24(30)26-18-10-4-2-8-16(18)21-15-29-13-7-6-12-23(29)25-21/h2-5,8-11,14-15H,6-7,12-13H2,1H3,(H,26,30)(H,27,28). The van der Waals surface area contributed by atoms with Crippen LogP contribution in [0.25, 0.3) is 22.5 Å². The molecule has 1 aliphatic rings. The minimum atomic E-state index is -0.259. The highest BCUT2D eigenvalue weighted by Gasteiger charge is 2.18. The van der Waals surface area contributed by atoms with Gasteiger partial charge in [-0.3, -0.25) is 9.89 Å². The Morgan fingerprint density at radius 2 is 1.87 bits per heavy atom. The van der Waals surface area contributed by atoms with E-state index in [0.717, 1.165) is 41.3 Å². The molecule has 0 radical (unpaired) electrons. The van der Waals surface area contributed by atoms with E-state index in [1.54, 1.807) is 13.2 Å². The van der Waals surface area contributed by atoms with Gasteiger partial charge in [-0.2, -0.15) is 5.10 Å². The Hall–Kier alpha value is -3.87. The van der Waals surface area contributed by atoms with Gasteiger partial charge in [0, 0.05) is 30.3 Å². The molecule has 0 fully saturated rings. The Labute approximate surface area is 180 Å². The fourth-order valence-corrected chi connectivity index (χ4v) is 3.98. The first-order chi connectivity index (χ1) is 15.2. The highest BCUT2D eigenvalue weighted by Crippen LogP contribution is 2.30. The molecule has 1 aliphatic heterocycles. The number of aromatic amines is 1. The number of carbonyl (C=O) groups is 1. The number of ether oxygens (including phenoxy) is 1. The summed E-state index contributed by atoms with van der Waals surface area (Å²) in [6.45, 7) is 0.997. The van der Waals surface area contributed by atoms with Gasteiger partial charge in [-0.05, 0) is 37.1 Å². The summed E-state index contributed by atoms with van der Waals surface area (Å²) in [5, 5.41) is 10.1. The lowest BCUT2D eigenvalue weighted by Gasteiger charge is -2.11. The molecule has 2 aromatic carbocycles. The predicted molar refractivity (Wildman–Crippen MR) is 119 cm³/mol. The van der Waals surface area contributed by atoms with Crippen molar-refractivity contribution in [3.63, 3.8) is 0 Å². The first-order valence-corrected chi connectivity index (χ1v) is 10.4. The summed E-state index contributed by atoms with van der Waals surface area (Å²) in [6, 6.07) is 17.0. The van der Waals surface area contributed by atoms with Crippen molar-refractivity contribution in [2.45, 2.75) is 25.8 Å². The van der Waals surface area contributed by atoms with Crippen molar-refractivity contribution < 1.29 is 9.53 Å². The number of hydrogen-bond acceptors (Lipinski definition) is 4. The van der Waals surface area contributed by atoms with Crippen LogP contribution in [0.1, 0.15) is 29.2 Å². The summed E-state index contributed by atoms with van der Waals surface area (Å²) in [5.41, 5.74) is 4.35. The monoisotopic (exact) mass is 413 g/mol. The normalized spacial score (nSPS) is 12.9. The number of nitrogens with zero attached hydrogens (tertiary/aromatic N) is 3. The van der Waals surface area contributed by atoms with E-state index in [0.29, 0.717) is 17.1 Å². The molecule has 3 heterocycles. The molecule has 2 N–H and O–H groups in total. The van der Waals surface area contributed by atoms with Gasteiger partial charge in [-0.15, -0.1) is 0 Å². The number of H-pyrrole nitrogens is 1. The largest absolute Gasteiger partial charge is 0.496 e. The van der Waals surface area contributed by atoms with E-state index in [-0.39, 0.29) is 5.91 Å². The second-order valence-corrected chi connectivity index (χ2v) is 7.56. The maximum atomic E-state index is 13.0. The molecule has 7 heteroatoms. The lowest BCUT2D eigenvalue weighted by atomic mass is 10.1. The number of fused-ring (bicyclic) bond motifs is 1. The number of benzene rings is 2. The van der Waals surface area contributed by atoms with E-state index in [4.69, 9.17) is 9.72 Å². The van der Waals surface area contributed by atoms with Crippen LogP contribution in [-0.2, 0) is 13.0 Å². The number of amides is 1. The number of imidazole rings is 1. The van der Waals surface area contributed by atoms with Crippen LogP contribution in [0.4, 0.5) is 5.69 Å². The number of anilines is 1. The summed E-state index contributed by atoms with van der Waals surface area (Å²) in [6.07, 6.45) is 5.42. The quantitative estimate of drug-likeness (QED) is 0.503. The van der Waals surface area contributed by atoms with Crippen LogP contribution in [0.15, 0.2) is 60.8 Å². The third kappa shape index (κ3) is 3.70. The number of aromatic nitrogens is 4. The van der Waals surface area contributed by atoms with Gasteiger partial charge in [0.25, 0.3) is 5.91 Å². The number of nitrogens with one attached hydrogen (secondary N) is 2. The zero-order valence-corrected chi connectivity index (χ0v) is 17.3. The number of carbonyl (C=O) groups excluding carboxylic acids is 1. The lowest BCUT2D eigenvalue weighted by Crippen LogP contribution is -2.13. The van der Waals surface area contributed by atoms with Crippen molar-refractivity contribution in [2.75, 3.05) is 12.4 Å². The molecule has 31 heavy (non-hydrogen) atoms. The van der Waals surface area contributed by atoms with Gasteiger partial charge in [0.05, 0.1) is 24.2 Å². The highest BCUT2D eigenvalue weighted by molar-refractivity contribution is 6.05. The van der Waals surface area contributed by atoms with Crippen LogP contribution in [0.5, 0.6) is 5.75 Å². The van der Waals surface area contributed by atoms with E-state index in [1.165, 1.54) is 12.8 Å². The van der Waals surface area contributed by atoms with Crippen LogP contribution in [0.2, 0.25) is 0 Å². The Kier molecular flexibility index (Phi) is 5.00. The Morgan fingerprint density at radius 1 is 1.06 bits per heavy atom. The van der Waals surface area contributed by atoms with E-state index in [2.05, 4.69) is 26.3 Å². The zero-order valence-electron chi connectivity index (χ0n) is 17.3. The first-order valence-electron chi connectivity index (χ1n) is 10.4. The molecule has 0 unspecified atom stereocenters.